The summed E-state index contributed by atoms with van der Waals surface area (Å²) >= 11 is 3.31. The Morgan fingerprint density at radius 2 is 1.96 bits per heavy atom. The number of benzene rings is 2. The highest BCUT2D eigenvalue weighted by atomic mass is 79.9. The van der Waals surface area contributed by atoms with E-state index < -0.39 is 0 Å². The zero-order chi connectivity index (χ0) is 17.8. The molecule has 0 saturated carbocycles. The first-order valence-electron chi connectivity index (χ1n) is 7.37. The van der Waals surface area contributed by atoms with Gasteiger partial charge in [-0.25, -0.2) is 5.43 Å². The van der Waals surface area contributed by atoms with E-state index in [4.69, 9.17) is 4.74 Å². The molecule has 0 aliphatic heterocycles. The van der Waals surface area contributed by atoms with Gasteiger partial charge in [0.2, 0.25) is 0 Å². The van der Waals surface area contributed by atoms with Gasteiger partial charge < -0.3 is 9.72 Å². The summed E-state index contributed by atoms with van der Waals surface area (Å²) in [6, 6.07) is 14.0. The summed E-state index contributed by atoms with van der Waals surface area (Å²) in [5.41, 5.74) is 3.58. The van der Waals surface area contributed by atoms with E-state index in [1.807, 2.05) is 6.07 Å². The number of carbonyl (C=O) groups is 1. The summed E-state index contributed by atoms with van der Waals surface area (Å²) in [5, 5.41) is 4.70. The standard InChI is InChI=1S/C18H14BrN3O3/c1-25-15-7-4-12-8-13(17(23)21-16(12)9-15)10-20-22-18(24)11-2-5-14(19)6-3-11/h2-10H,1H3,(H,21,23)(H,22,24)/b20-10+. The van der Waals surface area contributed by atoms with Crippen LogP contribution in [0.2, 0.25) is 0 Å². The minimum atomic E-state index is -0.356. The molecular weight excluding hydrogens is 386 g/mol. The molecule has 1 amide bonds. The van der Waals surface area contributed by atoms with E-state index in [1.165, 1.54) is 6.21 Å². The number of hydrogen-bond acceptors (Lipinski definition) is 4. The molecule has 0 aliphatic rings. The van der Waals surface area contributed by atoms with Crippen molar-refractivity contribution < 1.29 is 9.53 Å². The number of nitrogens with one attached hydrogen (secondary N) is 2. The molecule has 6 nitrogen and oxygen atoms in total. The van der Waals surface area contributed by atoms with Crippen LogP contribution in [0.15, 0.2) is 62.9 Å². The fourth-order valence-corrected chi connectivity index (χ4v) is 2.51. The van der Waals surface area contributed by atoms with Crippen molar-refractivity contribution in [2.45, 2.75) is 0 Å². The van der Waals surface area contributed by atoms with E-state index in [0.717, 1.165) is 9.86 Å². The molecule has 126 valence electrons. The molecule has 0 bridgehead atoms. The van der Waals surface area contributed by atoms with E-state index in [9.17, 15) is 9.59 Å². The Morgan fingerprint density at radius 1 is 1.20 bits per heavy atom. The average Bonchev–Trinajstić information content (AvgIpc) is 2.62. The van der Waals surface area contributed by atoms with E-state index in [-0.39, 0.29) is 11.5 Å². The Balaban J connectivity index is 1.79. The molecule has 2 N–H and O–H groups in total. The van der Waals surface area contributed by atoms with Crippen LogP contribution in [-0.2, 0) is 0 Å². The molecule has 3 rings (SSSR count). The lowest BCUT2D eigenvalue weighted by Gasteiger charge is -2.03. The van der Waals surface area contributed by atoms with Gasteiger partial charge in [-0.1, -0.05) is 15.9 Å². The third-order valence-electron chi connectivity index (χ3n) is 3.56. The van der Waals surface area contributed by atoms with Gasteiger partial charge in [0, 0.05) is 16.1 Å². The second-order valence-corrected chi connectivity index (χ2v) is 6.13. The summed E-state index contributed by atoms with van der Waals surface area (Å²) < 4.78 is 6.02. The van der Waals surface area contributed by atoms with Crippen molar-refractivity contribution in [3.63, 3.8) is 0 Å². The van der Waals surface area contributed by atoms with Crippen LogP contribution in [0, 0.1) is 0 Å². The maximum atomic E-state index is 12.1. The quantitative estimate of drug-likeness (QED) is 0.522. The monoisotopic (exact) mass is 399 g/mol. The largest absolute Gasteiger partial charge is 0.497 e. The number of amides is 1. The fourth-order valence-electron chi connectivity index (χ4n) is 2.25. The number of ether oxygens (including phenoxy) is 1. The number of hydrazone groups is 1. The number of pyridine rings is 1. The molecule has 1 aromatic heterocycles. The van der Waals surface area contributed by atoms with E-state index in [0.29, 0.717) is 22.4 Å². The number of hydrogen-bond donors (Lipinski definition) is 2. The van der Waals surface area contributed by atoms with Crippen LogP contribution in [0.4, 0.5) is 0 Å². The van der Waals surface area contributed by atoms with Crippen LogP contribution in [0.1, 0.15) is 15.9 Å². The SMILES string of the molecule is COc1ccc2cc(/C=N/NC(=O)c3ccc(Br)cc3)c(=O)[nH]c2c1. The smallest absolute Gasteiger partial charge is 0.271 e. The summed E-state index contributed by atoms with van der Waals surface area (Å²) in [6.45, 7) is 0. The van der Waals surface area contributed by atoms with Crippen molar-refractivity contribution in [2.24, 2.45) is 5.10 Å². The third kappa shape index (κ3) is 3.95. The zero-order valence-corrected chi connectivity index (χ0v) is 14.8. The molecule has 25 heavy (non-hydrogen) atoms. The topological polar surface area (TPSA) is 83.5 Å². The van der Waals surface area contributed by atoms with Crippen molar-refractivity contribution in [2.75, 3.05) is 7.11 Å². The Morgan fingerprint density at radius 3 is 2.68 bits per heavy atom. The van der Waals surface area contributed by atoms with Gasteiger partial charge in [0.15, 0.2) is 0 Å². The lowest BCUT2D eigenvalue weighted by molar-refractivity contribution is 0.0955. The number of fused-ring (bicyclic) bond motifs is 1. The number of aromatic nitrogens is 1. The van der Waals surface area contributed by atoms with Gasteiger partial charge in [-0.3, -0.25) is 9.59 Å². The van der Waals surface area contributed by atoms with Crippen LogP contribution in [0.3, 0.4) is 0 Å². The van der Waals surface area contributed by atoms with Gasteiger partial charge in [-0.05, 0) is 47.9 Å². The number of rotatable bonds is 4. The number of nitrogens with zero attached hydrogens (tertiary/aromatic N) is 1. The van der Waals surface area contributed by atoms with Crippen molar-refractivity contribution in [3.8, 4) is 5.75 Å². The molecule has 1 heterocycles. The maximum absolute atomic E-state index is 12.1. The zero-order valence-electron chi connectivity index (χ0n) is 13.2. The minimum Gasteiger partial charge on any atom is -0.497 e. The molecule has 0 atom stereocenters. The van der Waals surface area contributed by atoms with Gasteiger partial charge in [0.1, 0.15) is 5.75 Å². The molecule has 0 spiro atoms. The molecule has 0 unspecified atom stereocenters. The van der Waals surface area contributed by atoms with Gasteiger partial charge in [-0.2, -0.15) is 5.10 Å². The summed E-state index contributed by atoms with van der Waals surface area (Å²) in [4.78, 5) is 26.8. The predicted molar refractivity (Wildman–Crippen MR) is 100 cm³/mol. The molecule has 0 aliphatic carbocycles. The first kappa shape index (κ1) is 16.9. The highest BCUT2D eigenvalue weighted by Crippen LogP contribution is 2.18. The predicted octanol–water partition coefficient (Wildman–Crippen LogP) is 3.06. The van der Waals surface area contributed by atoms with E-state index >= 15 is 0 Å². The Hall–Kier alpha value is -2.93. The van der Waals surface area contributed by atoms with Crippen molar-refractivity contribution >= 4 is 39.0 Å². The van der Waals surface area contributed by atoms with Gasteiger partial charge >= 0.3 is 0 Å². The second kappa shape index (κ2) is 7.31. The average molecular weight is 400 g/mol. The fraction of sp³-hybridized carbons (Fsp3) is 0.0556. The van der Waals surface area contributed by atoms with Gasteiger partial charge in [0.25, 0.3) is 11.5 Å². The van der Waals surface area contributed by atoms with Crippen LogP contribution in [0.5, 0.6) is 5.75 Å². The molecule has 3 aromatic rings. The Labute approximate surface area is 151 Å². The van der Waals surface area contributed by atoms with Crippen LogP contribution < -0.4 is 15.7 Å². The highest BCUT2D eigenvalue weighted by molar-refractivity contribution is 9.10. The molecular formula is C18H14BrN3O3. The third-order valence-corrected chi connectivity index (χ3v) is 4.09. The number of methoxy groups -OCH3 is 1. The molecule has 7 heteroatoms. The Bertz CT molecular complexity index is 1010. The Kier molecular flexibility index (Phi) is 4.95. The first-order chi connectivity index (χ1) is 12.1. The normalized spacial score (nSPS) is 11.0. The van der Waals surface area contributed by atoms with Crippen molar-refractivity contribution in [1.82, 2.24) is 10.4 Å². The van der Waals surface area contributed by atoms with E-state index in [2.05, 4.69) is 31.4 Å². The molecule has 0 saturated heterocycles. The highest BCUT2D eigenvalue weighted by Gasteiger charge is 2.05. The van der Waals surface area contributed by atoms with Crippen LogP contribution >= 0.6 is 15.9 Å². The number of aromatic amines is 1. The first-order valence-corrected chi connectivity index (χ1v) is 8.16. The number of H-pyrrole nitrogens is 1. The second-order valence-electron chi connectivity index (χ2n) is 5.21. The lowest BCUT2D eigenvalue weighted by Crippen LogP contribution is -2.19. The minimum absolute atomic E-state index is 0.303. The number of carbonyl (C=O) groups excluding carboxylic acids is 1. The van der Waals surface area contributed by atoms with Gasteiger partial charge in [0.05, 0.1) is 24.4 Å². The summed E-state index contributed by atoms with van der Waals surface area (Å²) in [6.07, 6.45) is 1.32. The maximum Gasteiger partial charge on any atom is 0.271 e. The van der Waals surface area contributed by atoms with Crippen molar-refractivity contribution in [1.29, 1.82) is 0 Å². The molecule has 0 radical (unpaired) electrons. The van der Waals surface area contributed by atoms with Crippen molar-refractivity contribution in [3.05, 3.63) is 74.5 Å². The van der Waals surface area contributed by atoms with Gasteiger partial charge in [-0.15, -0.1) is 0 Å². The molecule has 2 aromatic carbocycles. The van der Waals surface area contributed by atoms with Crippen LogP contribution in [-0.4, -0.2) is 24.2 Å². The lowest BCUT2D eigenvalue weighted by atomic mass is 10.1. The number of halogens is 1. The summed E-state index contributed by atoms with van der Waals surface area (Å²) in [5.74, 6) is 0.303. The summed E-state index contributed by atoms with van der Waals surface area (Å²) in [7, 11) is 1.56. The van der Waals surface area contributed by atoms with Crippen LogP contribution in [0.25, 0.3) is 10.9 Å². The molecule has 0 fully saturated rings. The van der Waals surface area contributed by atoms with E-state index in [1.54, 1.807) is 49.6 Å².